The van der Waals surface area contributed by atoms with Gasteiger partial charge in [-0.25, -0.2) is 4.79 Å². The minimum absolute atomic E-state index is 0.167. The average Bonchev–Trinajstić information content (AvgIpc) is 2.95. The van der Waals surface area contributed by atoms with Gasteiger partial charge < -0.3 is 14.7 Å². The molecule has 2 aliphatic rings. The Kier molecular flexibility index (Phi) is 4.41. The predicted molar refractivity (Wildman–Crippen MR) is 88.8 cm³/mol. The number of carboxylic acid groups (broad SMARTS) is 1. The summed E-state index contributed by atoms with van der Waals surface area (Å²) in [6.07, 6.45) is -0.0433. The fourth-order valence-electron chi connectivity index (χ4n) is 3.87. The molecule has 7 heteroatoms. The molecule has 3 rings (SSSR count). The van der Waals surface area contributed by atoms with Crippen molar-refractivity contribution >= 4 is 18.0 Å². The lowest BCUT2D eigenvalue weighted by Crippen LogP contribution is -2.75. The maximum Gasteiger partial charge on any atom is 0.411 e. The number of aliphatic carboxylic acids is 1. The molecule has 0 unspecified atom stereocenters. The van der Waals surface area contributed by atoms with Gasteiger partial charge in [0.25, 0.3) is 5.91 Å². The minimum atomic E-state index is -1.06. The molecule has 2 saturated heterocycles. The second-order valence-electron chi connectivity index (χ2n) is 7.06. The van der Waals surface area contributed by atoms with Gasteiger partial charge in [-0.1, -0.05) is 44.2 Å². The maximum absolute atomic E-state index is 12.9. The molecule has 2 fully saturated rings. The first-order valence-corrected chi connectivity index (χ1v) is 8.37. The van der Waals surface area contributed by atoms with E-state index in [0.29, 0.717) is 6.42 Å². The molecule has 2 amide bonds. The lowest BCUT2D eigenvalue weighted by atomic mass is 9.78. The standard InChI is InChI=1S/C18H22N2O5/c1-12(2)8-18(11-19(16(18)23)9-15(21)22)20-14(10-25-17(20)24)13-6-4-3-5-7-13/h3-7,12,14H,8-11H2,1-2H3,(H,21,22)/t14-,18-/m1/s1. The van der Waals surface area contributed by atoms with Crippen molar-refractivity contribution in [3.8, 4) is 0 Å². The van der Waals surface area contributed by atoms with E-state index in [1.54, 1.807) is 0 Å². The summed E-state index contributed by atoms with van der Waals surface area (Å²) in [5, 5.41) is 8.97. The summed E-state index contributed by atoms with van der Waals surface area (Å²) in [5.41, 5.74) is -0.126. The molecule has 0 aromatic heterocycles. The van der Waals surface area contributed by atoms with Crippen molar-refractivity contribution < 1.29 is 24.2 Å². The number of carbonyl (C=O) groups excluding carboxylic acids is 2. The van der Waals surface area contributed by atoms with Gasteiger partial charge in [-0.3, -0.25) is 14.5 Å². The van der Waals surface area contributed by atoms with Crippen LogP contribution in [0.1, 0.15) is 31.9 Å². The van der Waals surface area contributed by atoms with E-state index < -0.39 is 17.6 Å². The van der Waals surface area contributed by atoms with Crippen LogP contribution in [-0.4, -0.2) is 58.1 Å². The van der Waals surface area contributed by atoms with Crippen molar-refractivity contribution in [3.05, 3.63) is 35.9 Å². The Hall–Kier alpha value is -2.57. The van der Waals surface area contributed by atoms with E-state index in [9.17, 15) is 14.4 Å². The molecule has 2 aliphatic heterocycles. The molecule has 2 heterocycles. The van der Waals surface area contributed by atoms with Crippen LogP contribution in [0.15, 0.2) is 30.3 Å². The Morgan fingerprint density at radius 1 is 1.32 bits per heavy atom. The van der Waals surface area contributed by atoms with Gasteiger partial charge in [0, 0.05) is 0 Å². The zero-order chi connectivity index (χ0) is 18.2. The maximum atomic E-state index is 12.9. The summed E-state index contributed by atoms with van der Waals surface area (Å²) in [4.78, 5) is 39.1. The van der Waals surface area contributed by atoms with Gasteiger partial charge in [0.15, 0.2) is 0 Å². The van der Waals surface area contributed by atoms with Crippen LogP contribution >= 0.6 is 0 Å². The lowest BCUT2D eigenvalue weighted by molar-refractivity contribution is -0.169. The van der Waals surface area contributed by atoms with E-state index in [1.165, 1.54) is 9.80 Å². The van der Waals surface area contributed by atoms with Gasteiger partial charge in [0.05, 0.1) is 12.6 Å². The second kappa shape index (κ2) is 6.38. The van der Waals surface area contributed by atoms with Crippen LogP contribution in [0.3, 0.4) is 0 Å². The number of nitrogens with zero attached hydrogens (tertiary/aromatic N) is 2. The molecule has 7 nitrogen and oxygen atoms in total. The Balaban J connectivity index is 1.94. The highest BCUT2D eigenvalue weighted by molar-refractivity contribution is 5.98. The number of rotatable bonds is 6. The molecule has 0 bridgehead atoms. The highest BCUT2D eigenvalue weighted by Gasteiger charge is 2.61. The third-order valence-corrected chi connectivity index (χ3v) is 4.73. The van der Waals surface area contributed by atoms with Crippen LogP contribution in [-0.2, 0) is 14.3 Å². The molecule has 1 aromatic carbocycles. The molecule has 1 N–H and O–H groups in total. The zero-order valence-electron chi connectivity index (χ0n) is 14.3. The van der Waals surface area contributed by atoms with E-state index >= 15 is 0 Å². The van der Waals surface area contributed by atoms with Crippen molar-refractivity contribution in [2.45, 2.75) is 31.8 Å². The van der Waals surface area contributed by atoms with E-state index in [2.05, 4.69) is 0 Å². The Morgan fingerprint density at radius 3 is 2.56 bits per heavy atom. The molecule has 2 atom stereocenters. The van der Waals surface area contributed by atoms with Crippen LogP contribution < -0.4 is 0 Å². The third-order valence-electron chi connectivity index (χ3n) is 4.73. The molecule has 0 radical (unpaired) electrons. The summed E-state index contributed by atoms with van der Waals surface area (Å²) in [5.74, 6) is -1.21. The van der Waals surface area contributed by atoms with Crippen LogP contribution in [0.25, 0.3) is 0 Å². The van der Waals surface area contributed by atoms with E-state index in [4.69, 9.17) is 9.84 Å². The van der Waals surface area contributed by atoms with Crippen LogP contribution in [0.2, 0.25) is 0 Å². The van der Waals surface area contributed by atoms with Gasteiger partial charge in [-0.05, 0) is 17.9 Å². The highest BCUT2D eigenvalue weighted by atomic mass is 16.6. The Labute approximate surface area is 146 Å². The average molecular weight is 346 g/mol. The fourth-order valence-corrected chi connectivity index (χ4v) is 3.87. The molecule has 0 saturated carbocycles. The SMILES string of the molecule is CC(C)C[C@@]1(N2C(=O)OC[C@@H]2c2ccccc2)CN(CC(=O)O)C1=O. The topological polar surface area (TPSA) is 87.2 Å². The van der Waals surface area contributed by atoms with Crippen LogP contribution in [0, 0.1) is 5.92 Å². The largest absolute Gasteiger partial charge is 0.480 e. The summed E-state index contributed by atoms with van der Waals surface area (Å²) >= 11 is 0. The number of hydrogen-bond donors (Lipinski definition) is 1. The number of carboxylic acids is 1. The van der Waals surface area contributed by atoms with Crippen LogP contribution in [0.4, 0.5) is 4.79 Å². The smallest absolute Gasteiger partial charge is 0.411 e. The Morgan fingerprint density at radius 2 is 2.00 bits per heavy atom. The van der Waals surface area contributed by atoms with E-state index in [0.717, 1.165) is 5.56 Å². The van der Waals surface area contributed by atoms with Gasteiger partial charge in [-0.15, -0.1) is 0 Å². The normalized spacial score (nSPS) is 26.0. The number of carbonyl (C=O) groups is 3. The van der Waals surface area contributed by atoms with E-state index in [1.807, 2.05) is 44.2 Å². The second-order valence-corrected chi connectivity index (χ2v) is 7.06. The number of amides is 2. The van der Waals surface area contributed by atoms with Crippen molar-refractivity contribution in [1.29, 1.82) is 0 Å². The lowest BCUT2D eigenvalue weighted by Gasteiger charge is -2.54. The highest BCUT2D eigenvalue weighted by Crippen LogP contribution is 2.43. The van der Waals surface area contributed by atoms with Crippen LogP contribution in [0.5, 0.6) is 0 Å². The van der Waals surface area contributed by atoms with E-state index in [-0.39, 0.29) is 37.6 Å². The summed E-state index contributed by atoms with van der Waals surface area (Å²) in [6.45, 7) is 4.02. The van der Waals surface area contributed by atoms with Gasteiger partial charge in [0.1, 0.15) is 18.7 Å². The number of hydrogen-bond acceptors (Lipinski definition) is 4. The Bertz CT molecular complexity index is 690. The zero-order valence-corrected chi connectivity index (χ0v) is 14.3. The first-order chi connectivity index (χ1) is 11.8. The first-order valence-electron chi connectivity index (χ1n) is 8.37. The van der Waals surface area contributed by atoms with Crippen molar-refractivity contribution in [2.24, 2.45) is 5.92 Å². The summed E-state index contributed by atoms with van der Waals surface area (Å²) < 4.78 is 5.26. The van der Waals surface area contributed by atoms with Gasteiger partial charge >= 0.3 is 12.1 Å². The van der Waals surface area contributed by atoms with Crippen molar-refractivity contribution in [2.75, 3.05) is 19.7 Å². The molecule has 0 spiro atoms. The number of benzene rings is 1. The predicted octanol–water partition coefficient (Wildman–Crippen LogP) is 1.89. The summed E-state index contributed by atoms with van der Waals surface area (Å²) in [6, 6.07) is 9.11. The molecule has 0 aliphatic carbocycles. The molecular formula is C18H22N2O5. The van der Waals surface area contributed by atoms with Gasteiger partial charge in [-0.2, -0.15) is 0 Å². The van der Waals surface area contributed by atoms with Crippen molar-refractivity contribution in [1.82, 2.24) is 9.80 Å². The first kappa shape index (κ1) is 17.3. The molecule has 1 aromatic rings. The fraction of sp³-hybridized carbons (Fsp3) is 0.500. The summed E-state index contributed by atoms with van der Waals surface area (Å²) in [7, 11) is 0. The number of cyclic esters (lactones) is 1. The number of β-lactam (4-membered cyclic amide) rings is 1. The minimum Gasteiger partial charge on any atom is -0.480 e. The molecule has 134 valence electrons. The number of likely N-dealkylation sites (tertiary alicyclic amines) is 1. The monoisotopic (exact) mass is 346 g/mol. The molecule has 25 heavy (non-hydrogen) atoms. The quantitative estimate of drug-likeness (QED) is 0.795. The number of ether oxygens (including phenoxy) is 1. The van der Waals surface area contributed by atoms with Gasteiger partial charge in [0.2, 0.25) is 0 Å². The van der Waals surface area contributed by atoms with Crippen molar-refractivity contribution in [3.63, 3.8) is 0 Å². The third kappa shape index (κ3) is 2.94. The molecular weight excluding hydrogens is 324 g/mol.